The van der Waals surface area contributed by atoms with Gasteiger partial charge in [-0.3, -0.25) is 0 Å². The van der Waals surface area contributed by atoms with Crippen molar-refractivity contribution in [1.29, 1.82) is 0 Å². The lowest BCUT2D eigenvalue weighted by Crippen LogP contribution is -2.42. The van der Waals surface area contributed by atoms with Crippen LogP contribution >= 0.6 is 12.2 Å². The summed E-state index contributed by atoms with van der Waals surface area (Å²) >= 11 is 5.68. The van der Waals surface area contributed by atoms with Crippen molar-refractivity contribution >= 4 is 45.7 Å². The Balaban J connectivity index is 1.17. The maximum atomic E-state index is 5.68. The molecule has 36 heavy (non-hydrogen) atoms. The standard InChI is InChI=1S/C29H32N6S/c1-35(2)27-24-13-7-9-15-26(24)32-28(34-27)30-21-16-18-22(19-17-21)31-29(36)33-25-14-8-6-12-23(25)20-10-4-3-5-11-20/h3-15,21-22H,16-19H2,1-2H3,(H,30,32,34)(H2,31,33,36). The summed E-state index contributed by atoms with van der Waals surface area (Å²) in [5.74, 6) is 1.63. The van der Waals surface area contributed by atoms with Crippen molar-refractivity contribution in [1.82, 2.24) is 15.3 Å². The minimum Gasteiger partial charge on any atom is -0.362 e. The van der Waals surface area contributed by atoms with Crippen molar-refractivity contribution < 1.29 is 0 Å². The van der Waals surface area contributed by atoms with E-state index < -0.39 is 0 Å². The molecular weight excluding hydrogens is 464 g/mol. The summed E-state index contributed by atoms with van der Waals surface area (Å²) in [6.07, 6.45) is 4.14. The zero-order valence-electron chi connectivity index (χ0n) is 20.7. The number of hydrogen-bond acceptors (Lipinski definition) is 5. The quantitative estimate of drug-likeness (QED) is 0.280. The fourth-order valence-electron chi connectivity index (χ4n) is 4.84. The zero-order valence-corrected chi connectivity index (χ0v) is 21.6. The molecule has 6 nitrogen and oxygen atoms in total. The average Bonchev–Trinajstić information content (AvgIpc) is 2.90. The molecule has 1 aliphatic carbocycles. The second-order valence-electron chi connectivity index (χ2n) is 9.49. The van der Waals surface area contributed by atoms with Gasteiger partial charge in [-0.1, -0.05) is 60.7 Å². The smallest absolute Gasteiger partial charge is 0.225 e. The molecule has 0 spiro atoms. The Bertz CT molecular complexity index is 1330. The van der Waals surface area contributed by atoms with Gasteiger partial charge in [-0.2, -0.15) is 4.98 Å². The lowest BCUT2D eigenvalue weighted by molar-refractivity contribution is 0.387. The Labute approximate surface area is 218 Å². The molecule has 184 valence electrons. The second kappa shape index (κ2) is 10.9. The molecule has 1 heterocycles. The molecule has 7 heteroatoms. The van der Waals surface area contributed by atoms with E-state index in [-0.39, 0.29) is 0 Å². The Morgan fingerprint density at radius 3 is 2.25 bits per heavy atom. The number of nitrogens with zero attached hydrogens (tertiary/aromatic N) is 3. The van der Waals surface area contributed by atoms with Gasteiger partial charge in [-0.25, -0.2) is 4.98 Å². The fourth-order valence-corrected chi connectivity index (χ4v) is 5.11. The predicted molar refractivity (Wildman–Crippen MR) is 155 cm³/mol. The van der Waals surface area contributed by atoms with Crippen molar-refractivity contribution in [3.05, 3.63) is 78.9 Å². The molecule has 1 aromatic heterocycles. The van der Waals surface area contributed by atoms with Crippen LogP contribution in [0.25, 0.3) is 22.0 Å². The van der Waals surface area contributed by atoms with Gasteiger partial charge < -0.3 is 20.9 Å². The molecule has 3 aromatic carbocycles. The Kier molecular flexibility index (Phi) is 7.28. The fraction of sp³-hybridized carbons (Fsp3) is 0.276. The first-order valence-electron chi connectivity index (χ1n) is 12.5. The summed E-state index contributed by atoms with van der Waals surface area (Å²) in [5, 5.41) is 12.3. The van der Waals surface area contributed by atoms with Gasteiger partial charge in [0.05, 0.1) is 5.52 Å². The van der Waals surface area contributed by atoms with Crippen LogP contribution in [0.2, 0.25) is 0 Å². The van der Waals surface area contributed by atoms with Gasteiger partial charge in [0.25, 0.3) is 0 Å². The van der Waals surface area contributed by atoms with Crippen molar-refractivity contribution in [2.24, 2.45) is 0 Å². The molecule has 0 atom stereocenters. The van der Waals surface area contributed by atoms with Crippen molar-refractivity contribution in [3.8, 4) is 11.1 Å². The largest absolute Gasteiger partial charge is 0.362 e. The Hall–Kier alpha value is -3.71. The minimum atomic E-state index is 0.347. The van der Waals surface area contributed by atoms with Crippen LogP contribution in [0.4, 0.5) is 17.5 Å². The normalized spacial score (nSPS) is 17.4. The number of para-hydroxylation sites is 2. The van der Waals surface area contributed by atoms with Gasteiger partial charge >= 0.3 is 0 Å². The van der Waals surface area contributed by atoms with E-state index in [0.29, 0.717) is 23.1 Å². The summed E-state index contributed by atoms with van der Waals surface area (Å²) in [6.45, 7) is 0. The van der Waals surface area contributed by atoms with E-state index >= 15 is 0 Å². The van der Waals surface area contributed by atoms with Gasteiger partial charge in [0.1, 0.15) is 5.82 Å². The van der Waals surface area contributed by atoms with E-state index in [1.165, 1.54) is 5.56 Å². The molecule has 3 N–H and O–H groups in total. The van der Waals surface area contributed by atoms with Gasteiger partial charge in [-0.05, 0) is 61.7 Å². The topological polar surface area (TPSA) is 65.1 Å². The van der Waals surface area contributed by atoms with E-state index in [0.717, 1.165) is 53.7 Å². The number of nitrogens with one attached hydrogen (secondary N) is 3. The number of hydrogen-bond donors (Lipinski definition) is 3. The second-order valence-corrected chi connectivity index (χ2v) is 9.89. The number of thiocarbonyl (C=S) groups is 1. The Morgan fingerprint density at radius 2 is 1.47 bits per heavy atom. The lowest BCUT2D eigenvalue weighted by Gasteiger charge is -2.30. The van der Waals surface area contributed by atoms with E-state index in [4.69, 9.17) is 22.2 Å². The third-order valence-electron chi connectivity index (χ3n) is 6.66. The average molecular weight is 497 g/mol. The predicted octanol–water partition coefficient (Wildman–Crippen LogP) is 6.07. The van der Waals surface area contributed by atoms with Gasteiger partial charge in [-0.15, -0.1) is 0 Å². The van der Waals surface area contributed by atoms with Crippen LogP contribution in [0, 0.1) is 0 Å². The van der Waals surface area contributed by atoms with Crippen LogP contribution in [0.1, 0.15) is 25.7 Å². The first-order chi connectivity index (χ1) is 17.6. The van der Waals surface area contributed by atoms with Crippen LogP contribution in [-0.4, -0.2) is 41.3 Å². The first-order valence-corrected chi connectivity index (χ1v) is 12.9. The number of rotatable bonds is 6. The third kappa shape index (κ3) is 5.57. The molecule has 0 bridgehead atoms. The van der Waals surface area contributed by atoms with Crippen molar-refractivity contribution in [2.75, 3.05) is 29.6 Å². The monoisotopic (exact) mass is 496 g/mol. The van der Waals surface area contributed by atoms with Gasteiger partial charge in [0.15, 0.2) is 5.11 Å². The summed E-state index contributed by atoms with van der Waals surface area (Å²) < 4.78 is 0. The highest BCUT2D eigenvalue weighted by molar-refractivity contribution is 7.80. The van der Waals surface area contributed by atoms with Crippen LogP contribution in [0.3, 0.4) is 0 Å². The highest BCUT2D eigenvalue weighted by Gasteiger charge is 2.23. The van der Waals surface area contributed by atoms with Gasteiger partial charge in [0.2, 0.25) is 5.95 Å². The maximum Gasteiger partial charge on any atom is 0.225 e. The first kappa shape index (κ1) is 24.0. The van der Waals surface area contributed by atoms with E-state index in [2.05, 4.69) is 64.5 Å². The SMILES string of the molecule is CN(C)c1nc(NC2CCC(NC(=S)Nc3ccccc3-c3ccccc3)CC2)nc2ccccc12. The number of benzene rings is 3. The molecule has 0 unspecified atom stereocenters. The van der Waals surface area contributed by atoms with E-state index in [9.17, 15) is 0 Å². The molecule has 4 aromatic rings. The van der Waals surface area contributed by atoms with Gasteiger partial charge in [0, 0.05) is 42.8 Å². The number of aromatic nitrogens is 2. The molecule has 0 saturated heterocycles. The molecule has 0 amide bonds. The number of fused-ring (bicyclic) bond motifs is 1. The molecule has 1 saturated carbocycles. The molecule has 1 aliphatic rings. The van der Waals surface area contributed by atoms with Crippen molar-refractivity contribution in [2.45, 2.75) is 37.8 Å². The lowest BCUT2D eigenvalue weighted by atomic mass is 9.91. The van der Waals surface area contributed by atoms with Crippen LogP contribution in [-0.2, 0) is 0 Å². The Morgan fingerprint density at radius 1 is 0.806 bits per heavy atom. The highest BCUT2D eigenvalue weighted by Crippen LogP contribution is 2.29. The summed E-state index contributed by atoms with van der Waals surface area (Å²) in [6, 6.07) is 27.5. The summed E-state index contributed by atoms with van der Waals surface area (Å²) in [4.78, 5) is 11.6. The molecular formula is C29H32N6S. The summed E-state index contributed by atoms with van der Waals surface area (Å²) in [7, 11) is 4.04. The minimum absolute atomic E-state index is 0.347. The molecule has 1 fully saturated rings. The van der Waals surface area contributed by atoms with E-state index in [1.807, 2.05) is 49.3 Å². The maximum absolute atomic E-state index is 5.68. The molecule has 0 radical (unpaired) electrons. The van der Waals surface area contributed by atoms with E-state index in [1.54, 1.807) is 0 Å². The summed E-state index contributed by atoms with van der Waals surface area (Å²) in [5.41, 5.74) is 4.29. The highest BCUT2D eigenvalue weighted by atomic mass is 32.1. The van der Waals surface area contributed by atoms with Crippen LogP contribution < -0.4 is 20.9 Å². The third-order valence-corrected chi connectivity index (χ3v) is 6.88. The molecule has 5 rings (SSSR count). The van der Waals surface area contributed by atoms with Crippen molar-refractivity contribution in [3.63, 3.8) is 0 Å². The van der Waals surface area contributed by atoms with Crippen LogP contribution in [0.15, 0.2) is 78.9 Å². The zero-order chi connectivity index (χ0) is 24.9. The molecule has 0 aliphatic heterocycles. The van der Waals surface area contributed by atoms with Crippen LogP contribution in [0.5, 0.6) is 0 Å². The number of anilines is 3.